The molecule has 2 unspecified atom stereocenters. The van der Waals surface area contributed by atoms with Gasteiger partial charge in [-0.25, -0.2) is 4.98 Å². The van der Waals surface area contributed by atoms with Crippen molar-refractivity contribution in [3.05, 3.63) is 18.2 Å². The van der Waals surface area contributed by atoms with Crippen LogP contribution in [0, 0.1) is 0 Å². The highest BCUT2D eigenvalue weighted by Gasteiger charge is 2.30. The van der Waals surface area contributed by atoms with Crippen LogP contribution in [0.2, 0.25) is 0 Å². The van der Waals surface area contributed by atoms with E-state index in [1.807, 2.05) is 6.20 Å². The molecule has 1 aromatic heterocycles. The Labute approximate surface area is 71.8 Å². The molecule has 0 aliphatic carbocycles. The van der Waals surface area contributed by atoms with Gasteiger partial charge in [-0.3, -0.25) is 4.90 Å². The normalized spacial score (nSPS) is 31.2. The average molecular weight is 166 g/mol. The molecule has 0 spiro atoms. The third kappa shape index (κ3) is 1.13. The maximum Gasteiger partial charge on any atom is 0.0922 e. The number of aromatic nitrogens is 2. The molecule has 0 amide bonds. The minimum absolute atomic E-state index is 0.246. The number of nitrogens with one attached hydrogen (secondary N) is 1. The van der Waals surface area contributed by atoms with Crippen LogP contribution >= 0.6 is 0 Å². The summed E-state index contributed by atoms with van der Waals surface area (Å²) < 4.78 is 0. The number of rotatable bonds is 1. The molecule has 0 aromatic carbocycles. The van der Waals surface area contributed by atoms with Gasteiger partial charge in [0.25, 0.3) is 0 Å². The molecule has 12 heavy (non-hydrogen) atoms. The van der Waals surface area contributed by atoms with Crippen molar-refractivity contribution in [3.63, 3.8) is 0 Å². The van der Waals surface area contributed by atoms with E-state index in [0.717, 1.165) is 18.7 Å². The first-order chi connectivity index (χ1) is 5.79. The number of nitrogens with zero attached hydrogens (tertiary/aromatic N) is 2. The second-order valence-electron chi connectivity index (χ2n) is 3.38. The molecule has 3 N–H and O–H groups in total. The Morgan fingerprint density at radius 1 is 1.75 bits per heavy atom. The Morgan fingerprint density at radius 3 is 3.08 bits per heavy atom. The van der Waals surface area contributed by atoms with Gasteiger partial charge in [0.1, 0.15) is 0 Å². The molecule has 4 nitrogen and oxygen atoms in total. The van der Waals surface area contributed by atoms with Crippen LogP contribution in [-0.2, 0) is 0 Å². The lowest BCUT2D eigenvalue weighted by atomic mass is 10.1. The van der Waals surface area contributed by atoms with Crippen molar-refractivity contribution in [1.29, 1.82) is 0 Å². The van der Waals surface area contributed by atoms with Gasteiger partial charge in [0.05, 0.1) is 18.1 Å². The van der Waals surface area contributed by atoms with Gasteiger partial charge in [-0.05, 0) is 13.5 Å². The largest absolute Gasteiger partial charge is 0.347 e. The monoisotopic (exact) mass is 166 g/mol. The third-order valence-corrected chi connectivity index (χ3v) is 2.53. The molecule has 66 valence electrons. The SMILES string of the molecule is CN1CCC(N)C1c1cnc[nH]1. The van der Waals surface area contributed by atoms with Gasteiger partial charge >= 0.3 is 0 Å². The first-order valence-electron chi connectivity index (χ1n) is 4.23. The van der Waals surface area contributed by atoms with Crippen LogP contribution in [0.25, 0.3) is 0 Å². The van der Waals surface area contributed by atoms with Gasteiger partial charge < -0.3 is 10.7 Å². The first-order valence-corrected chi connectivity index (χ1v) is 4.23. The topological polar surface area (TPSA) is 57.9 Å². The number of aromatic amines is 1. The highest BCUT2D eigenvalue weighted by atomic mass is 15.2. The van der Waals surface area contributed by atoms with Gasteiger partial charge in [-0.2, -0.15) is 0 Å². The quantitative estimate of drug-likeness (QED) is 0.622. The lowest BCUT2D eigenvalue weighted by Gasteiger charge is -2.20. The fourth-order valence-corrected chi connectivity index (χ4v) is 1.87. The predicted octanol–water partition coefficient (Wildman–Crippen LogP) is 0.114. The van der Waals surface area contributed by atoms with E-state index in [0.29, 0.717) is 6.04 Å². The molecular formula is C8H14N4. The summed E-state index contributed by atoms with van der Waals surface area (Å²) in [4.78, 5) is 9.37. The molecule has 1 fully saturated rings. The van der Waals surface area contributed by atoms with E-state index in [1.54, 1.807) is 6.33 Å². The van der Waals surface area contributed by atoms with Crippen molar-refractivity contribution in [2.45, 2.75) is 18.5 Å². The molecule has 4 heteroatoms. The highest BCUT2D eigenvalue weighted by Crippen LogP contribution is 2.27. The van der Waals surface area contributed by atoms with Gasteiger partial charge in [0, 0.05) is 18.8 Å². The van der Waals surface area contributed by atoms with E-state index in [9.17, 15) is 0 Å². The molecule has 1 aliphatic rings. The smallest absolute Gasteiger partial charge is 0.0922 e. The van der Waals surface area contributed by atoms with Crippen molar-refractivity contribution >= 4 is 0 Å². The number of likely N-dealkylation sites (tertiary alicyclic amines) is 1. The number of nitrogens with two attached hydrogens (primary N) is 1. The number of imidazole rings is 1. The number of hydrogen-bond donors (Lipinski definition) is 2. The zero-order valence-electron chi connectivity index (χ0n) is 7.20. The van der Waals surface area contributed by atoms with E-state index < -0.39 is 0 Å². The lowest BCUT2D eigenvalue weighted by Crippen LogP contribution is -2.29. The summed E-state index contributed by atoms with van der Waals surface area (Å²) in [5.74, 6) is 0. The minimum Gasteiger partial charge on any atom is -0.347 e. The van der Waals surface area contributed by atoms with Crippen LogP contribution in [0.4, 0.5) is 0 Å². The third-order valence-electron chi connectivity index (χ3n) is 2.53. The van der Waals surface area contributed by atoms with Gasteiger partial charge in [-0.1, -0.05) is 0 Å². The lowest BCUT2D eigenvalue weighted by molar-refractivity contribution is 0.299. The Morgan fingerprint density at radius 2 is 2.58 bits per heavy atom. The predicted molar refractivity (Wildman–Crippen MR) is 46.6 cm³/mol. The van der Waals surface area contributed by atoms with E-state index in [2.05, 4.69) is 21.9 Å². The van der Waals surface area contributed by atoms with Crippen molar-refractivity contribution < 1.29 is 0 Å². The molecular weight excluding hydrogens is 152 g/mol. The highest BCUT2D eigenvalue weighted by molar-refractivity contribution is 5.08. The standard InChI is InChI=1S/C8H14N4/c1-12-3-2-6(9)8(12)7-4-10-5-11-7/h4-6,8H,2-3,9H2,1H3,(H,10,11). The summed E-state index contributed by atoms with van der Waals surface area (Å²) in [6.07, 6.45) is 4.63. The molecule has 1 aliphatic heterocycles. The minimum atomic E-state index is 0.246. The first kappa shape index (κ1) is 7.76. The van der Waals surface area contributed by atoms with E-state index in [4.69, 9.17) is 5.73 Å². The Hall–Kier alpha value is -0.870. The number of likely N-dealkylation sites (N-methyl/N-ethyl adjacent to an activating group) is 1. The molecule has 2 heterocycles. The molecule has 2 rings (SSSR count). The molecule has 0 radical (unpaired) electrons. The fourth-order valence-electron chi connectivity index (χ4n) is 1.87. The summed E-state index contributed by atoms with van der Waals surface area (Å²) in [6, 6.07) is 0.572. The Kier molecular flexibility index (Phi) is 1.86. The van der Waals surface area contributed by atoms with Crippen molar-refractivity contribution in [1.82, 2.24) is 14.9 Å². The number of hydrogen-bond acceptors (Lipinski definition) is 3. The second-order valence-corrected chi connectivity index (χ2v) is 3.38. The van der Waals surface area contributed by atoms with Gasteiger partial charge in [0.2, 0.25) is 0 Å². The Bertz CT molecular complexity index is 234. The van der Waals surface area contributed by atoms with Crippen LogP contribution in [0.1, 0.15) is 18.2 Å². The van der Waals surface area contributed by atoms with Crippen LogP contribution in [0.3, 0.4) is 0 Å². The summed E-state index contributed by atoms with van der Waals surface area (Å²) in [5, 5.41) is 0. The Balaban J connectivity index is 2.22. The summed E-state index contributed by atoms with van der Waals surface area (Å²) in [7, 11) is 2.10. The zero-order chi connectivity index (χ0) is 8.55. The van der Waals surface area contributed by atoms with Crippen LogP contribution < -0.4 is 5.73 Å². The second kappa shape index (κ2) is 2.88. The van der Waals surface area contributed by atoms with Gasteiger partial charge in [-0.15, -0.1) is 0 Å². The van der Waals surface area contributed by atoms with Crippen molar-refractivity contribution in [2.75, 3.05) is 13.6 Å². The molecule has 1 aromatic rings. The van der Waals surface area contributed by atoms with Crippen LogP contribution in [-0.4, -0.2) is 34.5 Å². The molecule has 0 bridgehead atoms. The molecule has 2 atom stereocenters. The maximum atomic E-state index is 5.97. The average Bonchev–Trinajstić information content (AvgIpc) is 2.61. The molecule has 1 saturated heterocycles. The van der Waals surface area contributed by atoms with Crippen molar-refractivity contribution in [3.8, 4) is 0 Å². The van der Waals surface area contributed by atoms with E-state index in [-0.39, 0.29) is 6.04 Å². The van der Waals surface area contributed by atoms with E-state index in [1.165, 1.54) is 0 Å². The maximum absolute atomic E-state index is 5.97. The zero-order valence-corrected chi connectivity index (χ0v) is 7.20. The summed E-state index contributed by atoms with van der Waals surface area (Å²) in [6.45, 7) is 1.07. The van der Waals surface area contributed by atoms with Gasteiger partial charge in [0.15, 0.2) is 0 Å². The molecule has 0 saturated carbocycles. The van der Waals surface area contributed by atoms with E-state index >= 15 is 0 Å². The number of H-pyrrole nitrogens is 1. The van der Waals surface area contributed by atoms with Crippen LogP contribution in [0.5, 0.6) is 0 Å². The van der Waals surface area contributed by atoms with Crippen molar-refractivity contribution in [2.24, 2.45) is 5.73 Å². The summed E-state index contributed by atoms with van der Waals surface area (Å²) >= 11 is 0. The fraction of sp³-hybridized carbons (Fsp3) is 0.625. The van der Waals surface area contributed by atoms with Crippen LogP contribution in [0.15, 0.2) is 12.5 Å². The summed E-state index contributed by atoms with van der Waals surface area (Å²) in [5.41, 5.74) is 7.10.